The van der Waals surface area contributed by atoms with E-state index in [1.807, 2.05) is 0 Å². The number of benzene rings is 7. The van der Waals surface area contributed by atoms with Crippen molar-refractivity contribution in [3.63, 3.8) is 0 Å². The molecule has 0 aliphatic carbocycles. The molecule has 0 N–H and O–H groups in total. The van der Waals surface area contributed by atoms with Gasteiger partial charge in [-0.15, -0.1) is 0 Å². The Morgan fingerprint density at radius 3 is 1.81 bits per heavy atom. The van der Waals surface area contributed by atoms with Gasteiger partial charge in [0, 0.05) is 38.0 Å². The first-order chi connectivity index (χ1) is 21.3. The molecular weight excluding hydrogens is 524 g/mol. The van der Waals surface area contributed by atoms with Crippen molar-refractivity contribution in [3.05, 3.63) is 146 Å². The molecule has 0 unspecified atom stereocenters. The van der Waals surface area contributed by atoms with Crippen LogP contribution in [-0.2, 0) is 0 Å². The fourth-order valence-corrected chi connectivity index (χ4v) is 7.28. The molecule has 3 heterocycles. The molecule has 0 spiro atoms. The number of para-hydroxylation sites is 4. The maximum Gasteiger partial charge on any atom is 0.159 e. The SMILES string of the molecule is c1ccc(-n2c3ccccc3c3cc4c5ccccc5n(-c5cccc6c5oc5ccc7ccccc7c56)c4cc32)cc1. The maximum absolute atomic E-state index is 6.72. The van der Waals surface area contributed by atoms with Crippen LogP contribution in [0.2, 0.25) is 0 Å². The van der Waals surface area contributed by atoms with Gasteiger partial charge in [-0.25, -0.2) is 0 Å². The molecule has 10 aromatic rings. The van der Waals surface area contributed by atoms with Crippen LogP contribution in [0.4, 0.5) is 0 Å². The van der Waals surface area contributed by atoms with E-state index in [4.69, 9.17) is 4.42 Å². The number of hydrogen-bond donors (Lipinski definition) is 0. The van der Waals surface area contributed by atoms with Crippen molar-refractivity contribution in [3.8, 4) is 11.4 Å². The zero-order valence-corrected chi connectivity index (χ0v) is 23.2. The van der Waals surface area contributed by atoms with Gasteiger partial charge >= 0.3 is 0 Å². The topological polar surface area (TPSA) is 23.0 Å². The van der Waals surface area contributed by atoms with E-state index in [0.717, 1.165) is 33.4 Å². The minimum Gasteiger partial charge on any atom is -0.454 e. The van der Waals surface area contributed by atoms with Crippen LogP contribution in [0.15, 0.2) is 150 Å². The molecule has 10 rings (SSSR count). The smallest absolute Gasteiger partial charge is 0.159 e. The maximum atomic E-state index is 6.72. The second-order valence-electron chi connectivity index (χ2n) is 11.3. The lowest BCUT2D eigenvalue weighted by molar-refractivity contribution is 0.666. The van der Waals surface area contributed by atoms with Crippen molar-refractivity contribution in [1.29, 1.82) is 0 Å². The first-order valence-electron chi connectivity index (χ1n) is 14.7. The molecule has 0 amide bonds. The van der Waals surface area contributed by atoms with Gasteiger partial charge in [0.25, 0.3) is 0 Å². The van der Waals surface area contributed by atoms with Crippen LogP contribution >= 0.6 is 0 Å². The molecular formula is C40H24N2O. The molecule has 200 valence electrons. The standard InChI is InChI=1S/C40H24N2O/c1-2-12-26(13-3-1)41-33-18-8-6-15-28(33)31-23-32-29-16-7-9-19-34(29)42(37(32)24-36(31)41)35-20-10-17-30-39-27-14-5-4-11-25(27)21-22-38(39)43-40(30)35/h1-24H. The average molecular weight is 549 g/mol. The molecule has 43 heavy (non-hydrogen) atoms. The van der Waals surface area contributed by atoms with Gasteiger partial charge in [0.05, 0.1) is 27.8 Å². The monoisotopic (exact) mass is 548 g/mol. The lowest BCUT2D eigenvalue weighted by Gasteiger charge is -2.10. The van der Waals surface area contributed by atoms with Gasteiger partial charge in [-0.2, -0.15) is 0 Å². The van der Waals surface area contributed by atoms with Crippen molar-refractivity contribution in [2.24, 2.45) is 0 Å². The summed E-state index contributed by atoms with van der Waals surface area (Å²) in [6.07, 6.45) is 0. The molecule has 0 fully saturated rings. The Morgan fingerprint density at radius 1 is 0.395 bits per heavy atom. The summed E-state index contributed by atoms with van der Waals surface area (Å²) in [5.74, 6) is 0. The van der Waals surface area contributed by atoms with Crippen molar-refractivity contribution < 1.29 is 4.42 Å². The van der Waals surface area contributed by atoms with E-state index >= 15 is 0 Å². The molecule has 3 nitrogen and oxygen atoms in total. The fourth-order valence-electron chi connectivity index (χ4n) is 7.28. The second kappa shape index (κ2) is 8.37. The predicted molar refractivity (Wildman–Crippen MR) is 180 cm³/mol. The molecule has 3 heteroatoms. The highest BCUT2D eigenvalue weighted by molar-refractivity contribution is 6.22. The van der Waals surface area contributed by atoms with Gasteiger partial charge in [0.2, 0.25) is 0 Å². The summed E-state index contributed by atoms with van der Waals surface area (Å²) in [5.41, 5.74) is 8.73. The van der Waals surface area contributed by atoms with Gasteiger partial charge in [-0.1, -0.05) is 97.1 Å². The highest BCUT2D eigenvalue weighted by atomic mass is 16.3. The highest BCUT2D eigenvalue weighted by Gasteiger charge is 2.21. The fraction of sp³-hybridized carbons (Fsp3) is 0. The van der Waals surface area contributed by atoms with E-state index in [0.29, 0.717) is 0 Å². The third-order valence-electron chi connectivity index (χ3n) is 9.09. The van der Waals surface area contributed by atoms with E-state index in [-0.39, 0.29) is 0 Å². The van der Waals surface area contributed by atoms with Crippen molar-refractivity contribution >= 4 is 76.3 Å². The first kappa shape index (κ1) is 22.8. The van der Waals surface area contributed by atoms with Gasteiger partial charge in [0.1, 0.15) is 5.58 Å². The number of nitrogens with zero attached hydrogens (tertiary/aromatic N) is 2. The van der Waals surface area contributed by atoms with Gasteiger partial charge in [-0.3, -0.25) is 0 Å². The summed E-state index contributed by atoms with van der Waals surface area (Å²) >= 11 is 0. The van der Waals surface area contributed by atoms with Crippen molar-refractivity contribution in [2.75, 3.05) is 0 Å². The Balaban J connectivity index is 1.38. The Hall–Kier alpha value is -5.80. The second-order valence-corrected chi connectivity index (χ2v) is 11.3. The van der Waals surface area contributed by atoms with Crippen LogP contribution in [-0.4, -0.2) is 9.13 Å². The molecule has 0 atom stereocenters. The van der Waals surface area contributed by atoms with E-state index in [1.165, 1.54) is 54.3 Å². The molecule has 3 aromatic heterocycles. The Morgan fingerprint density at radius 2 is 1.02 bits per heavy atom. The molecule has 0 aliphatic rings. The number of fused-ring (bicyclic) bond motifs is 11. The third-order valence-corrected chi connectivity index (χ3v) is 9.09. The largest absolute Gasteiger partial charge is 0.454 e. The van der Waals surface area contributed by atoms with E-state index < -0.39 is 0 Å². The molecule has 0 bridgehead atoms. The van der Waals surface area contributed by atoms with Crippen LogP contribution < -0.4 is 0 Å². The summed E-state index contributed by atoms with van der Waals surface area (Å²) in [4.78, 5) is 0. The average Bonchev–Trinajstić information content (AvgIpc) is 3.72. The predicted octanol–water partition coefficient (Wildman–Crippen LogP) is 10.9. The number of furan rings is 1. The third kappa shape index (κ3) is 3.03. The lowest BCUT2D eigenvalue weighted by atomic mass is 10.0. The number of hydrogen-bond acceptors (Lipinski definition) is 1. The summed E-state index contributed by atoms with van der Waals surface area (Å²) in [6.45, 7) is 0. The Bertz CT molecular complexity index is 2720. The zero-order valence-electron chi connectivity index (χ0n) is 23.2. The summed E-state index contributed by atoms with van der Waals surface area (Å²) in [5, 5.41) is 9.71. The molecule has 0 saturated carbocycles. The Kier molecular flexibility index (Phi) is 4.45. The normalized spacial score (nSPS) is 12.2. The van der Waals surface area contributed by atoms with Crippen molar-refractivity contribution in [2.45, 2.75) is 0 Å². The minimum atomic E-state index is 0.903. The summed E-state index contributed by atoms with van der Waals surface area (Å²) < 4.78 is 11.5. The van der Waals surface area contributed by atoms with Crippen LogP contribution in [0.3, 0.4) is 0 Å². The number of aromatic nitrogens is 2. The van der Waals surface area contributed by atoms with Crippen LogP contribution in [0, 0.1) is 0 Å². The highest BCUT2D eigenvalue weighted by Crippen LogP contribution is 2.42. The molecule has 7 aromatic carbocycles. The minimum absolute atomic E-state index is 0.903. The summed E-state index contributed by atoms with van der Waals surface area (Å²) in [7, 11) is 0. The van der Waals surface area contributed by atoms with E-state index in [1.54, 1.807) is 0 Å². The zero-order chi connectivity index (χ0) is 28.1. The van der Waals surface area contributed by atoms with Gasteiger partial charge in [0.15, 0.2) is 5.58 Å². The van der Waals surface area contributed by atoms with E-state index in [9.17, 15) is 0 Å². The molecule has 0 radical (unpaired) electrons. The molecule has 0 aliphatic heterocycles. The summed E-state index contributed by atoms with van der Waals surface area (Å²) in [6, 6.07) is 52.2. The Labute approximate surface area is 246 Å². The van der Waals surface area contributed by atoms with Crippen LogP contribution in [0.1, 0.15) is 0 Å². The quantitative estimate of drug-likeness (QED) is 0.211. The van der Waals surface area contributed by atoms with Gasteiger partial charge in [-0.05, 0) is 59.3 Å². The van der Waals surface area contributed by atoms with Crippen LogP contribution in [0.5, 0.6) is 0 Å². The molecule has 0 saturated heterocycles. The van der Waals surface area contributed by atoms with E-state index in [2.05, 4.69) is 155 Å². The lowest BCUT2D eigenvalue weighted by Crippen LogP contribution is -1.96. The van der Waals surface area contributed by atoms with Crippen molar-refractivity contribution in [1.82, 2.24) is 9.13 Å². The van der Waals surface area contributed by atoms with Gasteiger partial charge < -0.3 is 13.6 Å². The number of rotatable bonds is 2. The first-order valence-corrected chi connectivity index (χ1v) is 14.7. The van der Waals surface area contributed by atoms with Crippen LogP contribution in [0.25, 0.3) is 87.7 Å².